The Labute approximate surface area is 59.0 Å². The average molecular weight is 138 g/mol. The van der Waals surface area contributed by atoms with E-state index in [2.05, 4.69) is 10.4 Å². The van der Waals surface area contributed by atoms with Crippen molar-refractivity contribution in [3.8, 4) is 0 Å². The molecule has 0 saturated carbocycles. The molecule has 1 aromatic heterocycles. The fourth-order valence-corrected chi connectivity index (χ4v) is 1.01. The van der Waals surface area contributed by atoms with Gasteiger partial charge in [-0.1, -0.05) is 0 Å². The Kier molecular flexibility index (Phi) is 1.14. The van der Waals surface area contributed by atoms with Crippen molar-refractivity contribution in [1.29, 1.82) is 0 Å². The van der Waals surface area contributed by atoms with Gasteiger partial charge >= 0.3 is 0 Å². The molecule has 1 aliphatic heterocycles. The highest BCUT2D eigenvalue weighted by Gasteiger charge is 2.18. The second-order valence-corrected chi connectivity index (χ2v) is 2.57. The van der Waals surface area contributed by atoms with E-state index in [1.165, 1.54) is 0 Å². The first-order valence-electron chi connectivity index (χ1n) is 3.36. The molecule has 1 saturated heterocycles. The van der Waals surface area contributed by atoms with E-state index in [-0.39, 0.29) is 0 Å². The van der Waals surface area contributed by atoms with Gasteiger partial charge in [0.2, 0.25) is 0 Å². The monoisotopic (exact) mass is 138 g/mol. The van der Waals surface area contributed by atoms with Gasteiger partial charge in [0.15, 0.2) is 0 Å². The van der Waals surface area contributed by atoms with E-state index in [0.29, 0.717) is 6.04 Å². The molecule has 0 atom stereocenters. The minimum atomic E-state index is 0.525. The van der Waals surface area contributed by atoms with Crippen LogP contribution in [0.25, 0.3) is 0 Å². The molecule has 1 aromatic rings. The highest BCUT2D eigenvalue weighted by molar-refractivity contribution is 5.30. The quantitative estimate of drug-likeness (QED) is 0.555. The van der Waals surface area contributed by atoms with Crippen LogP contribution >= 0.6 is 0 Å². The number of nitrogen functional groups attached to an aromatic ring is 1. The SMILES string of the molecule is Nc1cnn(C2CNC2)c1. The normalized spacial score (nSPS) is 18.8. The molecule has 10 heavy (non-hydrogen) atoms. The van der Waals surface area contributed by atoms with Crippen LogP contribution in [0.4, 0.5) is 5.69 Å². The lowest BCUT2D eigenvalue weighted by atomic mass is 10.2. The maximum atomic E-state index is 5.49. The van der Waals surface area contributed by atoms with Gasteiger partial charge in [0.1, 0.15) is 0 Å². The number of hydrogen-bond donors (Lipinski definition) is 2. The van der Waals surface area contributed by atoms with E-state index in [4.69, 9.17) is 5.73 Å². The third-order valence-electron chi connectivity index (χ3n) is 1.76. The maximum Gasteiger partial charge on any atom is 0.0768 e. The molecule has 0 aromatic carbocycles. The number of anilines is 1. The van der Waals surface area contributed by atoms with Gasteiger partial charge in [-0.05, 0) is 0 Å². The van der Waals surface area contributed by atoms with Crippen LogP contribution in [0.15, 0.2) is 12.4 Å². The van der Waals surface area contributed by atoms with Crippen molar-refractivity contribution in [3.63, 3.8) is 0 Å². The maximum absolute atomic E-state index is 5.49. The summed E-state index contributed by atoms with van der Waals surface area (Å²) < 4.78 is 1.91. The molecule has 4 heteroatoms. The molecule has 0 bridgehead atoms. The van der Waals surface area contributed by atoms with Crippen LogP contribution in [0, 0.1) is 0 Å². The number of nitrogens with zero attached hydrogens (tertiary/aromatic N) is 2. The van der Waals surface area contributed by atoms with Gasteiger partial charge in [0, 0.05) is 19.3 Å². The number of rotatable bonds is 1. The van der Waals surface area contributed by atoms with Gasteiger partial charge in [0.25, 0.3) is 0 Å². The highest BCUT2D eigenvalue weighted by atomic mass is 15.3. The highest BCUT2D eigenvalue weighted by Crippen LogP contribution is 2.11. The van der Waals surface area contributed by atoms with Gasteiger partial charge in [-0.15, -0.1) is 0 Å². The first kappa shape index (κ1) is 5.73. The molecular formula is C6H10N4. The molecule has 4 nitrogen and oxygen atoms in total. The van der Waals surface area contributed by atoms with Crippen molar-refractivity contribution in [1.82, 2.24) is 15.1 Å². The van der Waals surface area contributed by atoms with Crippen LogP contribution in [-0.2, 0) is 0 Å². The fraction of sp³-hybridized carbons (Fsp3) is 0.500. The second-order valence-electron chi connectivity index (χ2n) is 2.57. The van der Waals surface area contributed by atoms with Crippen molar-refractivity contribution >= 4 is 5.69 Å². The molecule has 1 fully saturated rings. The van der Waals surface area contributed by atoms with Crippen LogP contribution in [0.1, 0.15) is 6.04 Å². The lowest BCUT2D eigenvalue weighted by Crippen LogP contribution is -2.43. The van der Waals surface area contributed by atoms with E-state index in [0.717, 1.165) is 18.8 Å². The van der Waals surface area contributed by atoms with Crippen LogP contribution in [0.2, 0.25) is 0 Å². The number of nitrogens with two attached hydrogens (primary N) is 1. The van der Waals surface area contributed by atoms with Gasteiger partial charge in [-0.3, -0.25) is 4.68 Å². The van der Waals surface area contributed by atoms with E-state index in [1.54, 1.807) is 6.20 Å². The van der Waals surface area contributed by atoms with Crippen LogP contribution in [0.3, 0.4) is 0 Å². The Morgan fingerprint density at radius 2 is 2.50 bits per heavy atom. The third-order valence-corrected chi connectivity index (χ3v) is 1.76. The predicted octanol–water partition coefficient (Wildman–Crippen LogP) is -0.390. The lowest BCUT2D eigenvalue weighted by Gasteiger charge is -2.26. The van der Waals surface area contributed by atoms with Crippen molar-refractivity contribution in [2.45, 2.75) is 6.04 Å². The first-order valence-corrected chi connectivity index (χ1v) is 3.36. The number of nitrogens with one attached hydrogen (secondary N) is 1. The molecule has 3 N–H and O–H groups in total. The average Bonchev–Trinajstić information content (AvgIpc) is 2.10. The Morgan fingerprint density at radius 3 is 2.90 bits per heavy atom. The summed E-state index contributed by atoms with van der Waals surface area (Å²) in [5.41, 5.74) is 6.23. The summed E-state index contributed by atoms with van der Waals surface area (Å²) in [5.74, 6) is 0. The van der Waals surface area contributed by atoms with E-state index >= 15 is 0 Å². The van der Waals surface area contributed by atoms with E-state index in [9.17, 15) is 0 Å². The van der Waals surface area contributed by atoms with Gasteiger partial charge in [-0.2, -0.15) is 5.10 Å². The summed E-state index contributed by atoms with van der Waals surface area (Å²) in [6, 6.07) is 0.525. The van der Waals surface area contributed by atoms with Gasteiger partial charge in [-0.25, -0.2) is 0 Å². The largest absolute Gasteiger partial charge is 0.396 e. The van der Waals surface area contributed by atoms with Gasteiger partial charge < -0.3 is 11.1 Å². The van der Waals surface area contributed by atoms with Crippen LogP contribution in [-0.4, -0.2) is 22.9 Å². The zero-order valence-corrected chi connectivity index (χ0v) is 5.62. The predicted molar refractivity (Wildman–Crippen MR) is 38.5 cm³/mol. The first-order chi connectivity index (χ1) is 4.86. The topological polar surface area (TPSA) is 55.9 Å². The summed E-state index contributed by atoms with van der Waals surface area (Å²) in [5, 5.41) is 7.26. The van der Waals surface area contributed by atoms with Gasteiger partial charge in [0.05, 0.1) is 17.9 Å². The summed E-state index contributed by atoms with van der Waals surface area (Å²) in [7, 11) is 0. The summed E-state index contributed by atoms with van der Waals surface area (Å²) in [6.07, 6.45) is 3.55. The van der Waals surface area contributed by atoms with E-state index in [1.807, 2.05) is 10.9 Å². The zero-order chi connectivity index (χ0) is 6.97. The summed E-state index contributed by atoms with van der Waals surface area (Å²) >= 11 is 0. The van der Waals surface area contributed by atoms with E-state index < -0.39 is 0 Å². The minimum absolute atomic E-state index is 0.525. The van der Waals surface area contributed by atoms with Crippen molar-refractivity contribution in [2.24, 2.45) is 0 Å². The van der Waals surface area contributed by atoms with Crippen molar-refractivity contribution in [3.05, 3.63) is 12.4 Å². The number of hydrogen-bond acceptors (Lipinski definition) is 3. The molecule has 0 amide bonds. The number of aromatic nitrogens is 2. The summed E-state index contributed by atoms with van der Waals surface area (Å²) in [4.78, 5) is 0. The molecule has 0 unspecified atom stereocenters. The Hall–Kier alpha value is -1.03. The molecule has 0 aliphatic carbocycles. The molecule has 2 rings (SSSR count). The standard InChI is InChI=1S/C6H10N4/c7-5-1-9-10(4-5)6-2-8-3-6/h1,4,6,8H,2-3,7H2. The Balaban J connectivity index is 2.17. The molecular weight excluding hydrogens is 128 g/mol. The second kappa shape index (κ2) is 1.98. The Morgan fingerprint density at radius 1 is 1.70 bits per heavy atom. The smallest absolute Gasteiger partial charge is 0.0768 e. The Bertz CT molecular complexity index is 225. The molecule has 0 radical (unpaired) electrons. The molecule has 0 spiro atoms. The zero-order valence-electron chi connectivity index (χ0n) is 5.62. The summed E-state index contributed by atoms with van der Waals surface area (Å²) in [6.45, 7) is 2.03. The fourth-order valence-electron chi connectivity index (χ4n) is 1.01. The van der Waals surface area contributed by atoms with Crippen molar-refractivity contribution in [2.75, 3.05) is 18.8 Å². The third kappa shape index (κ3) is 0.769. The van der Waals surface area contributed by atoms with Crippen LogP contribution in [0.5, 0.6) is 0 Å². The molecule has 1 aliphatic rings. The molecule has 54 valence electrons. The lowest BCUT2D eigenvalue weighted by molar-refractivity contribution is 0.318. The minimum Gasteiger partial charge on any atom is -0.396 e. The van der Waals surface area contributed by atoms with Crippen LogP contribution < -0.4 is 11.1 Å². The molecule has 2 heterocycles. The van der Waals surface area contributed by atoms with Crippen molar-refractivity contribution < 1.29 is 0 Å².